The fourth-order valence-corrected chi connectivity index (χ4v) is 3.50. The summed E-state index contributed by atoms with van der Waals surface area (Å²) >= 11 is 6.24. The predicted molar refractivity (Wildman–Crippen MR) is 98.5 cm³/mol. The number of rotatable bonds is 3. The maximum atomic E-state index is 11.4. The number of hydrogen-bond acceptors (Lipinski definition) is 2. The topological polar surface area (TPSA) is 67.5 Å². The van der Waals surface area contributed by atoms with Crippen molar-refractivity contribution in [2.45, 2.75) is 33.1 Å². The molecule has 126 valence electrons. The number of amides is 1. The van der Waals surface area contributed by atoms with Gasteiger partial charge in [0, 0.05) is 12.0 Å². The average Bonchev–Trinajstić information content (AvgIpc) is 3.21. The molecule has 2 atom stereocenters. The molecule has 1 aliphatic carbocycles. The number of hydrogen-bond donors (Lipinski definition) is 2. The first-order valence-corrected chi connectivity index (χ1v) is 8.61. The van der Waals surface area contributed by atoms with Crippen LogP contribution in [0.5, 0.6) is 0 Å². The normalized spacial score (nSPS) is 30.9. The van der Waals surface area contributed by atoms with Gasteiger partial charge in [0.05, 0.1) is 5.69 Å². The van der Waals surface area contributed by atoms with Crippen LogP contribution in [0.25, 0.3) is 0 Å². The van der Waals surface area contributed by atoms with E-state index >= 15 is 0 Å². The Hall–Kier alpha value is -2.07. The van der Waals surface area contributed by atoms with Gasteiger partial charge in [0.1, 0.15) is 11.0 Å². The van der Waals surface area contributed by atoms with Gasteiger partial charge in [-0.25, -0.2) is 4.99 Å². The number of allylic oxidation sites excluding steroid dienone is 3. The summed E-state index contributed by atoms with van der Waals surface area (Å²) in [6.07, 6.45) is 9.28. The van der Waals surface area contributed by atoms with Crippen LogP contribution in [0, 0.1) is 18.3 Å². The summed E-state index contributed by atoms with van der Waals surface area (Å²) in [6.45, 7) is 4.18. The standard InChI is InChI=1S/C19H22ClN3O/c1-3-19-8-4-5-16(20)23-17(10-14(19)11-19)22-15-9-13(18(21)24)7-6-12(15)2/h4-9,14H,3,10-11H2,1-2H3,(H2,21,24)(H,22,23)/b8-4+,16-5+. The molecule has 1 aromatic rings. The van der Waals surface area contributed by atoms with Crippen molar-refractivity contribution in [3.05, 3.63) is 52.7 Å². The van der Waals surface area contributed by atoms with Gasteiger partial charge >= 0.3 is 0 Å². The lowest BCUT2D eigenvalue weighted by atomic mass is 9.98. The number of benzene rings is 1. The minimum atomic E-state index is -0.451. The van der Waals surface area contributed by atoms with E-state index in [1.54, 1.807) is 12.1 Å². The van der Waals surface area contributed by atoms with Gasteiger partial charge in [0.15, 0.2) is 0 Å². The zero-order valence-electron chi connectivity index (χ0n) is 14.0. The monoisotopic (exact) mass is 343 g/mol. The van der Waals surface area contributed by atoms with Crippen molar-refractivity contribution in [1.29, 1.82) is 0 Å². The molecule has 5 heteroatoms. The van der Waals surface area contributed by atoms with Gasteiger partial charge in [-0.15, -0.1) is 0 Å². The molecule has 0 saturated heterocycles. The molecular weight excluding hydrogens is 322 g/mol. The number of aryl methyl sites for hydroxylation is 1. The summed E-state index contributed by atoms with van der Waals surface area (Å²) < 4.78 is 0. The minimum absolute atomic E-state index is 0.268. The van der Waals surface area contributed by atoms with E-state index in [0.717, 1.165) is 29.9 Å². The first-order valence-electron chi connectivity index (χ1n) is 8.23. The van der Waals surface area contributed by atoms with E-state index in [4.69, 9.17) is 22.3 Å². The molecule has 0 radical (unpaired) electrons. The molecule has 24 heavy (non-hydrogen) atoms. The highest BCUT2D eigenvalue weighted by Crippen LogP contribution is 2.58. The lowest BCUT2D eigenvalue weighted by molar-refractivity contribution is 0.100. The average molecular weight is 344 g/mol. The van der Waals surface area contributed by atoms with Gasteiger partial charge in [-0.1, -0.05) is 36.7 Å². The lowest BCUT2D eigenvalue weighted by Gasteiger charge is -2.12. The molecule has 1 amide bonds. The lowest BCUT2D eigenvalue weighted by Crippen LogP contribution is -2.21. The van der Waals surface area contributed by atoms with Crippen molar-refractivity contribution in [3.63, 3.8) is 0 Å². The summed E-state index contributed by atoms with van der Waals surface area (Å²) in [7, 11) is 0. The third-order valence-corrected chi connectivity index (χ3v) is 5.28. The molecule has 2 unspecified atom stereocenters. The number of halogens is 1. The second-order valence-electron chi connectivity index (χ2n) is 6.61. The fourth-order valence-electron chi connectivity index (χ4n) is 3.32. The molecule has 0 bridgehead atoms. The SMILES string of the molecule is CCC12/C=C/C=C(\Cl)NC(=Nc3cc(C(N)=O)ccc3C)CC1C2. The number of carbonyl (C=O) groups is 1. The highest BCUT2D eigenvalue weighted by molar-refractivity contribution is 6.30. The van der Waals surface area contributed by atoms with Crippen LogP contribution >= 0.6 is 11.6 Å². The van der Waals surface area contributed by atoms with Crippen LogP contribution in [-0.4, -0.2) is 11.7 Å². The van der Waals surface area contributed by atoms with E-state index in [1.165, 1.54) is 6.42 Å². The zero-order chi connectivity index (χ0) is 17.3. The van der Waals surface area contributed by atoms with Gasteiger partial charge in [0.2, 0.25) is 5.91 Å². The Labute approximate surface area is 147 Å². The second-order valence-corrected chi connectivity index (χ2v) is 7.02. The van der Waals surface area contributed by atoms with Crippen LogP contribution < -0.4 is 11.1 Å². The van der Waals surface area contributed by atoms with Crippen molar-refractivity contribution < 1.29 is 4.79 Å². The van der Waals surface area contributed by atoms with Crippen LogP contribution in [0.15, 0.2) is 46.6 Å². The van der Waals surface area contributed by atoms with Crippen LogP contribution in [0.2, 0.25) is 0 Å². The van der Waals surface area contributed by atoms with Crippen LogP contribution in [0.1, 0.15) is 42.1 Å². The number of fused-ring (bicyclic) bond motifs is 1. The van der Waals surface area contributed by atoms with E-state index in [2.05, 4.69) is 18.3 Å². The first-order chi connectivity index (χ1) is 11.4. The molecule has 1 fully saturated rings. The van der Waals surface area contributed by atoms with Crippen molar-refractivity contribution in [2.75, 3.05) is 0 Å². The molecule has 1 aliphatic heterocycles. The third-order valence-electron chi connectivity index (χ3n) is 5.06. The van der Waals surface area contributed by atoms with E-state index in [1.807, 2.05) is 25.1 Å². The fraction of sp³-hybridized carbons (Fsp3) is 0.368. The Morgan fingerprint density at radius 3 is 3.00 bits per heavy atom. The number of primary amides is 1. The summed E-state index contributed by atoms with van der Waals surface area (Å²) in [5, 5.41) is 3.73. The molecule has 1 aromatic carbocycles. The Morgan fingerprint density at radius 1 is 1.50 bits per heavy atom. The molecular formula is C19H22ClN3O. The number of nitrogens with zero attached hydrogens (tertiary/aromatic N) is 1. The number of nitrogens with one attached hydrogen (secondary N) is 1. The summed E-state index contributed by atoms with van der Waals surface area (Å²) in [4.78, 5) is 16.2. The molecule has 2 aliphatic rings. The van der Waals surface area contributed by atoms with Gasteiger partial charge in [-0.3, -0.25) is 4.79 Å². The maximum Gasteiger partial charge on any atom is 0.248 e. The number of nitrogens with two attached hydrogens (primary N) is 1. The van der Waals surface area contributed by atoms with Gasteiger partial charge < -0.3 is 11.1 Å². The Morgan fingerprint density at radius 2 is 2.29 bits per heavy atom. The van der Waals surface area contributed by atoms with E-state index < -0.39 is 5.91 Å². The molecule has 3 rings (SSSR count). The van der Waals surface area contributed by atoms with E-state index in [0.29, 0.717) is 16.6 Å². The highest BCUT2D eigenvalue weighted by atomic mass is 35.5. The first kappa shape index (κ1) is 16.8. The van der Waals surface area contributed by atoms with Gasteiger partial charge in [-0.2, -0.15) is 0 Å². The molecule has 1 heterocycles. The number of amidine groups is 1. The van der Waals surface area contributed by atoms with E-state index in [-0.39, 0.29) is 5.41 Å². The second kappa shape index (κ2) is 6.44. The van der Waals surface area contributed by atoms with Gasteiger partial charge in [-0.05, 0) is 54.9 Å². The van der Waals surface area contributed by atoms with Crippen LogP contribution in [-0.2, 0) is 0 Å². The molecule has 3 N–H and O–H groups in total. The van der Waals surface area contributed by atoms with Crippen LogP contribution in [0.4, 0.5) is 5.69 Å². The number of aliphatic imine (C=N–C) groups is 1. The van der Waals surface area contributed by atoms with Crippen LogP contribution in [0.3, 0.4) is 0 Å². The summed E-state index contributed by atoms with van der Waals surface area (Å²) in [5.74, 6) is 0.943. The largest absolute Gasteiger partial charge is 0.366 e. The van der Waals surface area contributed by atoms with E-state index in [9.17, 15) is 4.79 Å². The maximum absolute atomic E-state index is 11.4. The summed E-state index contributed by atoms with van der Waals surface area (Å²) in [6, 6.07) is 5.31. The molecule has 1 saturated carbocycles. The smallest absolute Gasteiger partial charge is 0.248 e. The Kier molecular flexibility index (Phi) is 4.50. The minimum Gasteiger partial charge on any atom is -0.366 e. The Balaban J connectivity index is 1.94. The molecule has 4 nitrogen and oxygen atoms in total. The van der Waals surface area contributed by atoms with Crippen molar-refractivity contribution in [1.82, 2.24) is 5.32 Å². The molecule has 0 spiro atoms. The summed E-state index contributed by atoms with van der Waals surface area (Å²) in [5.41, 5.74) is 7.84. The third kappa shape index (κ3) is 3.39. The molecule has 0 aromatic heterocycles. The zero-order valence-corrected chi connectivity index (χ0v) is 14.7. The highest BCUT2D eigenvalue weighted by Gasteiger charge is 2.50. The number of carbonyl (C=O) groups excluding carboxylic acids is 1. The van der Waals surface area contributed by atoms with Crippen molar-refractivity contribution in [3.8, 4) is 0 Å². The van der Waals surface area contributed by atoms with Gasteiger partial charge in [0.25, 0.3) is 0 Å². The van der Waals surface area contributed by atoms with Crippen molar-refractivity contribution >= 4 is 29.0 Å². The Bertz CT molecular complexity index is 766. The van der Waals surface area contributed by atoms with Crippen molar-refractivity contribution in [2.24, 2.45) is 22.1 Å². The predicted octanol–water partition coefficient (Wildman–Crippen LogP) is 4.17. The quantitative estimate of drug-likeness (QED) is 0.809.